The van der Waals surface area contributed by atoms with Gasteiger partial charge < -0.3 is 42.0 Å². The van der Waals surface area contributed by atoms with Crippen molar-refractivity contribution in [2.24, 2.45) is 0 Å². The average Bonchev–Trinajstić information content (AvgIpc) is 1.48. The maximum atomic E-state index is 6.57. The number of hydrogen-bond donors (Lipinski definition) is 0. The van der Waals surface area contributed by atoms with Crippen molar-refractivity contribution in [3.8, 4) is 78.8 Å². The van der Waals surface area contributed by atoms with E-state index in [0.29, 0.717) is 37.9 Å². The smallest absolute Gasteiger partial charge is 0.252 e. The summed E-state index contributed by atoms with van der Waals surface area (Å²) in [6.07, 6.45) is 0. The molecule has 3 aromatic heterocycles. The first-order valence-corrected chi connectivity index (χ1v) is 31.3. The molecule has 5 aliphatic rings. The van der Waals surface area contributed by atoms with Gasteiger partial charge in [0.25, 0.3) is 6.71 Å². The first-order chi connectivity index (χ1) is 44.8. The molecule has 10 heteroatoms. The van der Waals surface area contributed by atoms with Crippen LogP contribution in [0.25, 0.3) is 111 Å². The third kappa shape index (κ3) is 7.53. The Hall–Kier alpha value is -11.4. The van der Waals surface area contributed by atoms with Gasteiger partial charge in [-0.2, -0.15) is 0 Å². The van der Waals surface area contributed by atoms with Crippen molar-refractivity contribution < 1.29 is 32.2 Å². The van der Waals surface area contributed by atoms with Crippen LogP contribution in [0, 0.1) is 0 Å². The van der Waals surface area contributed by atoms with Gasteiger partial charge in [-0.1, -0.05) is 129 Å². The molecule has 0 saturated carbocycles. The van der Waals surface area contributed by atoms with Crippen LogP contribution in [0.4, 0.5) is 34.1 Å². The van der Waals surface area contributed by atoms with E-state index in [0.717, 1.165) is 162 Å². The van der Waals surface area contributed by atoms with E-state index in [-0.39, 0.29) is 12.1 Å². The van der Waals surface area contributed by atoms with Crippen molar-refractivity contribution in [2.75, 3.05) is 36.2 Å². The molecule has 0 radical (unpaired) electrons. The molecule has 0 atom stereocenters. The van der Waals surface area contributed by atoms with E-state index >= 15 is 0 Å². The molecule has 4 aliphatic heterocycles. The Kier molecular flexibility index (Phi) is 10.5. The van der Waals surface area contributed by atoms with E-state index in [1.807, 2.05) is 42.5 Å². The first kappa shape index (κ1) is 50.6. The molecule has 1 aliphatic carbocycles. The fraction of sp³-hybridized carbons (Fsp3) is 0.0864. The number of benzene rings is 12. The van der Waals surface area contributed by atoms with Crippen LogP contribution in [0.1, 0.15) is 25.0 Å². The van der Waals surface area contributed by atoms with Crippen LogP contribution in [-0.4, -0.2) is 33.1 Å². The van der Waals surface area contributed by atoms with Crippen LogP contribution in [0.5, 0.6) is 23.0 Å². The van der Waals surface area contributed by atoms with Crippen LogP contribution in [-0.2, 0) is 5.41 Å². The largest absolute Gasteiger partial charge is 0.486 e. The Morgan fingerprint density at radius 1 is 0.330 bits per heavy atom. The fourth-order valence-electron chi connectivity index (χ4n) is 15.4. The number of fused-ring (bicyclic) bond motifs is 16. The molecule has 0 bridgehead atoms. The summed E-state index contributed by atoms with van der Waals surface area (Å²) in [5.74, 6) is 3.74. The molecule has 0 N–H and O–H groups in total. The van der Waals surface area contributed by atoms with Gasteiger partial charge in [0.2, 0.25) is 0 Å². The van der Waals surface area contributed by atoms with Crippen molar-refractivity contribution in [1.29, 1.82) is 0 Å². The highest BCUT2D eigenvalue weighted by Gasteiger charge is 2.46. The number of para-hydroxylation sites is 3. The van der Waals surface area contributed by atoms with Crippen LogP contribution < -0.4 is 45.1 Å². The zero-order valence-corrected chi connectivity index (χ0v) is 49.7. The van der Waals surface area contributed by atoms with Crippen molar-refractivity contribution in [1.82, 2.24) is 0 Å². The minimum atomic E-state index is -0.341. The van der Waals surface area contributed by atoms with E-state index in [9.17, 15) is 0 Å². The fourth-order valence-corrected chi connectivity index (χ4v) is 15.4. The monoisotopic (exact) mass is 1180 g/mol. The molecule has 0 saturated heterocycles. The second-order valence-corrected chi connectivity index (χ2v) is 25.2. The van der Waals surface area contributed by atoms with Gasteiger partial charge in [0.1, 0.15) is 60.1 Å². The molecule has 0 fully saturated rings. The average molecular weight is 1180 g/mol. The van der Waals surface area contributed by atoms with Gasteiger partial charge in [-0.05, 0) is 181 Å². The molecule has 432 valence electrons. The topological polar surface area (TPSA) is 82.8 Å². The molecule has 0 spiro atoms. The molecule has 7 heterocycles. The third-order valence-corrected chi connectivity index (χ3v) is 19.8. The summed E-state index contributed by atoms with van der Waals surface area (Å²) in [6.45, 7) is 6.34. The molecule has 12 aromatic carbocycles. The van der Waals surface area contributed by atoms with E-state index in [1.165, 1.54) is 22.3 Å². The molecular weight excluding hydrogens is 1120 g/mol. The summed E-state index contributed by atoms with van der Waals surface area (Å²) in [4.78, 5) is 4.93. The molecule has 0 unspecified atom stereocenters. The second kappa shape index (κ2) is 18.8. The maximum Gasteiger partial charge on any atom is 0.252 e. The van der Waals surface area contributed by atoms with Crippen molar-refractivity contribution in [3.05, 3.63) is 248 Å². The van der Waals surface area contributed by atoms with Crippen LogP contribution in [0.2, 0.25) is 0 Å². The van der Waals surface area contributed by atoms with Gasteiger partial charge in [-0.15, -0.1) is 0 Å². The molecule has 0 amide bonds. The summed E-state index contributed by atoms with van der Waals surface area (Å²) < 4.78 is 45.2. The van der Waals surface area contributed by atoms with E-state index in [1.54, 1.807) is 0 Å². The molecule has 15 aromatic rings. The van der Waals surface area contributed by atoms with E-state index in [2.05, 4.69) is 218 Å². The summed E-state index contributed by atoms with van der Waals surface area (Å²) >= 11 is 0. The molecule has 91 heavy (non-hydrogen) atoms. The SMILES string of the molecule is CC1(C)c2cc(-c3cc4c5c(c3)N(c3ccc6c(c3)OCCO6)c3cc6c(cc3B5c3ccc(-c5ccc7c(c5)oc5ccccc57)cc3N4c3cccc(-c4ccc5c(c4)oc4ccccc45)c3)OCCO6)ccc2-c2ccc(-c3cc4ccccc4o3)cc21. The van der Waals surface area contributed by atoms with E-state index in [4.69, 9.17) is 32.2 Å². The summed E-state index contributed by atoms with van der Waals surface area (Å²) in [5, 5.41) is 5.48. The summed E-state index contributed by atoms with van der Waals surface area (Å²) in [6, 6.07) is 85.7. The number of anilines is 6. The number of rotatable bonds is 6. The summed E-state index contributed by atoms with van der Waals surface area (Å²) in [5.41, 5.74) is 26.0. The van der Waals surface area contributed by atoms with Crippen molar-refractivity contribution >= 4 is 112 Å². The Balaban J connectivity index is 0.830. The molecular formula is C81H53BN2O7. The molecule has 20 rings (SSSR count). The predicted molar refractivity (Wildman–Crippen MR) is 366 cm³/mol. The van der Waals surface area contributed by atoms with Crippen LogP contribution >= 0.6 is 0 Å². The Morgan fingerprint density at radius 3 is 1.54 bits per heavy atom. The molecule has 9 nitrogen and oxygen atoms in total. The van der Waals surface area contributed by atoms with Crippen molar-refractivity contribution in [3.63, 3.8) is 0 Å². The normalized spacial score (nSPS) is 14.7. The van der Waals surface area contributed by atoms with Gasteiger partial charge >= 0.3 is 0 Å². The lowest BCUT2D eigenvalue weighted by Crippen LogP contribution is -2.61. The predicted octanol–water partition coefficient (Wildman–Crippen LogP) is 18.8. The number of furan rings is 3. The first-order valence-electron chi connectivity index (χ1n) is 31.3. The van der Waals surface area contributed by atoms with Gasteiger partial charge in [0, 0.05) is 78.5 Å². The lowest BCUT2D eigenvalue weighted by Gasteiger charge is -2.45. The van der Waals surface area contributed by atoms with Crippen molar-refractivity contribution in [2.45, 2.75) is 19.3 Å². The second-order valence-electron chi connectivity index (χ2n) is 25.2. The number of hydrogen-bond acceptors (Lipinski definition) is 9. The van der Waals surface area contributed by atoms with E-state index < -0.39 is 0 Å². The lowest BCUT2D eigenvalue weighted by atomic mass is 9.33. The highest BCUT2D eigenvalue weighted by atomic mass is 16.6. The van der Waals surface area contributed by atoms with Gasteiger partial charge in [0.05, 0.1) is 5.69 Å². The zero-order valence-electron chi connectivity index (χ0n) is 49.7. The van der Waals surface area contributed by atoms with Crippen LogP contribution in [0.15, 0.2) is 250 Å². The Bertz CT molecular complexity index is 5620. The van der Waals surface area contributed by atoms with Gasteiger partial charge in [-0.3, -0.25) is 0 Å². The standard InChI is InChI=1S/C81H53BN2O7/c1-81(2)62-35-47(18-24-56(62)57-25-21-52(36-63(57)81)74-42-51-10-3-6-15-70(51)89-74)53-38-68-80-69(39-53)84(55-23-29-73-77(43-55)86-31-30-85-73)67-45-79-78(87-32-33-88-79)44-65(67)82(80)64-28-22-48(50-20-27-61-59-14-5-8-17-72(59)91-76(61)41-50)37-66(64)83(68)54-12-9-11-46(34-54)49-19-26-60-58-13-4-7-16-71(58)90-75(60)40-49/h3-29,34-45H,30-33H2,1-2H3. The minimum absolute atomic E-state index is 0.246. The highest BCUT2D eigenvalue weighted by Crippen LogP contribution is 2.54. The quantitative estimate of drug-likeness (QED) is 0.151. The number of nitrogens with zero attached hydrogens (tertiary/aromatic N) is 2. The Morgan fingerprint density at radius 2 is 0.846 bits per heavy atom. The van der Waals surface area contributed by atoms with Gasteiger partial charge in [0.15, 0.2) is 23.0 Å². The lowest BCUT2D eigenvalue weighted by molar-refractivity contribution is 0.171. The minimum Gasteiger partial charge on any atom is -0.486 e. The summed E-state index contributed by atoms with van der Waals surface area (Å²) in [7, 11) is 0. The third-order valence-electron chi connectivity index (χ3n) is 19.8. The highest BCUT2D eigenvalue weighted by molar-refractivity contribution is 7.00. The number of ether oxygens (including phenoxy) is 4. The van der Waals surface area contributed by atoms with Gasteiger partial charge in [-0.25, -0.2) is 0 Å². The maximum absolute atomic E-state index is 6.57. The zero-order chi connectivity index (χ0) is 59.8. The van der Waals surface area contributed by atoms with Crippen LogP contribution in [0.3, 0.4) is 0 Å². The Labute approximate surface area is 523 Å².